The second-order valence-corrected chi connectivity index (χ2v) is 4.97. The molecule has 1 atom stereocenters. The van der Waals surface area contributed by atoms with E-state index in [0.717, 1.165) is 12.8 Å². The number of hydrogen-bond acceptors (Lipinski definition) is 3. The van der Waals surface area contributed by atoms with E-state index in [2.05, 4.69) is 5.32 Å². The third-order valence-corrected chi connectivity index (χ3v) is 3.05. The number of carboxylic acids is 1. The first-order valence-electron chi connectivity index (χ1n) is 5.87. The average molecular weight is 257 g/mol. The molecule has 1 unspecified atom stereocenters. The van der Waals surface area contributed by atoms with Gasteiger partial charge in [0.15, 0.2) is 0 Å². The molecule has 7 nitrogen and oxygen atoms in total. The highest BCUT2D eigenvalue weighted by atomic mass is 16.4. The van der Waals surface area contributed by atoms with Gasteiger partial charge in [-0.2, -0.15) is 0 Å². The van der Waals surface area contributed by atoms with Gasteiger partial charge in [0.2, 0.25) is 5.91 Å². The highest BCUT2D eigenvalue weighted by Gasteiger charge is 2.35. The molecule has 7 heteroatoms. The lowest BCUT2D eigenvalue weighted by molar-refractivity contribution is -0.143. The van der Waals surface area contributed by atoms with Gasteiger partial charge in [0.25, 0.3) is 0 Å². The summed E-state index contributed by atoms with van der Waals surface area (Å²) in [5.74, 6) is -1.69. The van der Waals surface area contributed by atoms with E-state index in [1.807, 2.05) is 0 Å². The fourth-order valence-electron chi connectivity index (χ4n) is 1.86. The van der Waals surface area contributed by atoms with Gasteiger partial charge >= 0.3 is 12.0 Å². The number of rotatable bonds is 3. The molecule has 0 aromatic rings. The number of carbonyl (C=O) groups is 3. The van der Waals surface area contributed by atoms with Crippen LogP contribution in [0, 0.1) is 0 Å². The smallest absolute Gasteiger partial charge is 0.328 e. The Morgan fingerprint density at radius 3 is 2.44 bits per heavy atom. The van der Waals surface area contributed by atoms with Gasteiger partial charge < -0.3 is 21.1 Å². The lowest BCUT2D eigenvalue weighted by Crippen LogP contribution is -2.59. The summed E-state index contributed by atoms with van der Waals surface area (Å²) in [5.41, 5.74) is 3.86. The fourth-order valence-corrected chi connectivity index (χ4v) is 1.86. The Hall–Kier alpha value is -1.79. The van der Waals surface area contributed by atoms with Gasteiger partial charge in [-0.25, -0.2) is 9.59 Å². The molecule has 1 aliphatic heterocycles. The minimum absolute atomic E-state index is 0.412. The van der Waals surface area contributed by atoms with Crippen LogP contribution in [0.1, 0.15) is 33.1 Å². The number of primary amides is 1. The molecule has 0 aromatic carbocycles. The maximum atomic E-state index is 12.0. The van der Waals surface area contributed by atoms with Gasteiger partial charge in [0.05, 0.1) is 0 Å². The zero-order valence-electron chi connectivity index (χ0n) is 10.6. The van der Waals surface area contributed by atoms with Crippen molar-refractivity contribution in [1.29, 1.82) is 0 Å². The summed E-state index contributed by atoms with van der Waals surface area (Å²) in [7, 11) is 0. The molecule has 102 valence electrons. The van der Waals surface area contributed by atoms with Crippen LogP contribution in [0.15, 0.2) is 0 Å². The zero-order valence-corrected chi connectivity index (χ0v) is 10.6. The maximum absolute atomic E-state index is 12.0. The predicted molar refractivity (Wildman–Crippen MR) is 63.8 cm³/mol. The van der Waals surface area contributed by atoms with Gasteiger partial charge in [0, 0.05) is 6.54 Å². The summed E-state index contributed by atoms with van der Waals surface area (Å²) >= 11 is 0. The third kappa shape index (κ3) is 3.12. The summed E-state index contributed by atoms with van der Waals surface area (Å²) in [6, 6.07) is -1.21. The van der Waals surface area contributed by atoms with Crippen molar-refractivity contribution in [1.82, 2.24) is 10.2 Å². The van der Waals surface area contributed by atoms with Crippen molar-refractivity contribution in [3.8, 4) is 0 Å². The van der Waals surface area contributed by atoms with Crippen molar-refractivity contribution in [3.05, 3.63) is 0 Å². The first kappa shape index (κ1) is 14.3. The Morgan fingerprint density at radius 1 is 1.33 bits per heavy atom. The van der Waals surface area contributed by atoms with E-state index >= 15 is 0 Å². The van der Waals surface area contributed by atoms with E-state index in [1.54, 1.807) is 0 Å². The number of nitrogens with one attached hydrogen (secondary N) is 1. The van der Waals surface area contributed by atoms with E-state index in [1.165, 1.54) is 18.7 Å². The van der Waals surface area contributed by atoms with Crippen LogP contribution in [0.3, 0.4) is 0 Å². The molecule has 1 fully saturated rings. The normalized spacial score (nSPS) is 20.3. The van der Waals surface area contributed by atoms with Crippen molar-refractivity contribution in [3.63, 3.8) is 0 Å². The minimum Gasteiger partial charge on any atom is -0.480 e. The SMILES string of the molecule is CC(C)(NC(=O)N1CCCCC1C(N)=O)C(=O)O. The summed E-state index contributed by atoms with van der Waals surface area (Å²) in [6.45, 7) is 3.18. The molecule has 0 radical (unpaired) electrons. The quantitative estimate of drug-likeness (QED) is 0.655. The van der Waals surface area contributed by atoms with Crippen LogP contribution in [0.2, 0.25) is 0 Å². The van der Waals surface area contributed by atoms with Gasteiger partial charge in [0.1, 0.15) is 11.6 Å². The van der Waals surface area contributed by atoms with Gasteiger partial charge in [-0.1, -0.05) is 0 Å². The van der Waals surface area contributed by atoms with Crippen LogP contribution in [-0.2, 0) is 9.59 Å². The lowest BCUT2D eigenvalue weighted by Gasteiger charge is -2.35. The van der Waals surface area contributed by atoms with Crippen molar-refractivity contribution in [2.45, 2.75) is 44.7 Å². The number of nitrogens with zero attached hydrogens (tertiary/aromatic N) is 1. The Balaban J connectivity index is 2.75. The maximum Gasteiger partial charge on any atom is 0.328 e. The van der Waals surface area contributed by atoms with Crippen molar-refractivity contribution < 1.29 is 19.5 Å². The Bertz CT molecular complexity index is 367. The second-order valence-electron chi connectivity index (χ2n) is 4.97. The van der Waals surface area contributed by atoms with Crippen LogP contribution in [-0.4, -0.2) is 46.0 Å². The highest BCUT2D eigenvalue weighted by Crippen LogP contribution is 2.17. The first-order chi connectivity index (χ1) is 8.25. The topological polar surface area (TPSA) is 113 Å². The number of piperidine rings is 1. The molecule has 0 aliphatic carbocycles. The molecule has 0 spiro atoms. The lowest BCUT2D eigenvalue weighted by atomic mass is 10.0. The molecule has 3 amide bonds. The number of aliphatic carboxylic acids is 1. The van der Waals surface area contributed by atoms with Crippen molar-refractivity contribution in [2.24, 2.45) is 5.73 Å². The molecule has 18 heavy (non-hydrogen) atoms. The predicted octanol–water partition coefficient (Wildman–Crippen LogP) is -0.101. The molecule has 0 bridgehead atoms. The molecule has 1 aliphatic rings. The Labute approximate surface area is 105 Å². The monoisotopic (exact) mass is 257 g/mol. The molecule has 1 saturated heterocycles. The van der Waals surface area contributed by atoms with E-state index in [0.29, 0.717) is 13.0 Å². The molecular weight excluding hydrogens is 238 g/mol. The van der Waals surface area contributed by atoms with Crippen LogP contribution < -0.4 is 11.1 Å². The summed E-state index contributed by atoms with van der Waals surface area (Å²) in [4.78, 5) is 35.5. The van der Waals surface area contributed by atoms with E-state index in [9.17, 15) is 14.4 Å². The molecule has 0 aromatic heterocycles. The minimum atomic E-state index is -1.38. The van der Waals surface area contributed by atoms with E-state index in [4.69, 9.17) is 10.8 Å². The average Bonchev–Trinajstić information content (AvgIpc) is 2.28. The van der Waals surface area contributed by atoms with E-state index < -0.39 is 29.5 Å². The summed E-state index contributed by atoms with van der Waals surface area (Å²) in [5, 5.41) is 11.3. The Morgan fingerprint density at radius 2 is 1.94 bits per heavy atom. The number of urea groups is 1. The summed E-state index contributed by atoms with van der Waals surface area (Å²) in [6.07, 6.45) is 2.14. The summed E-state index contributed by atoms with van der Waals surface area (Å²) < 4.78 is 0. The number of amides is 3. The van der Waals surface area contributed by atoms with Gasteiger partial charge in [-0.15, -0.1) is 0 Å². The van der Waals surface area contributed by atoms with Gasteiger partial charge in [-0.3, -0.25) is 4.79 Å². The van der Waals surface area contributed by atoms with Crippen LogP contribution in [0.25, 0.3) is 0 Å². The standard InChI is InChI=1S/C11H19N3O4/c1-11(2,9(16)17)13-10(18)14-6-4-3-5-7(14)8(12)15/h7H,3-6H2,1-2H3,(H2,12,15)(H,13,18)(H,16,17). The fraction of sp³-hybridized carbons (Fsp3) is 0.727. The Kier molecular flexibility index (Phi) is 4.15. The number of carboxylic acid groups (broad SMARTS) is 1. The second kappa shape index (κ2) is 5.24. The van der Waals surface area contributed by atoms with Crippen molar-refractivity contribution >= 4 is 17.9 Å². The molecule has 4 N–H and O–H groups in total. The van der Waals surface area contributed by atoms with Crippen LogP contribution >= 0.6 is 0 Å². The molecule has 1 heterocycles. The van der Waals surface area contributed by atoms with Crippen LogP contribution in [0.5, 0.6) is 0 Å². The highest BCUT2D eigenvalue weighted by molar-refractivity contribution is 5.89. The van der Waals surface area contributed by atoms with Crippen LogP contribution in [0.4, 0.5) is 4.79 Å². The van der Waals surface area contributed by atoms with Gasteiger partial charge in [-0.05, 0) is 33.1 Å². The number of likely N-dealkylation sites (tertiary alicyclic amines) is 1. The largest absolute Gasteiger partial charge is 0.480 e. The van der Waals surface area contributed by atoms with Crippen molar-refractivity contribution in [2.75, 3.05) is 6.54 Å². The number of nitrogens with two attached hydrogens (primary N) is 1. The molecular formula is C11H19N3O4. The van der Waals surface area contributed by atoms with E-state index in [-0.39, 0.29) is 0 Å². The first-order valence-corrected chi connectivity index (χ1v) is 5.87. The molecule has 1 rings (SSSR count). The number of carbonyl (C=O) groups excluding carboxylic acids is 2. The zero-order chi connectivity index (χ0) is 13.9. The molecule has 0 saturated carbocycles. The number of hydrogen-bond donors (Lipinski definition) is 3. The third-order valence-electron chi connectivity index (χ3n) is 3.05.